The van der Waals surface area contributed by atoms with Gasteiger partial charge in [0.25, 0.3) is 0 Å². The maximum Gasteiger partial charge on any atom is 0.228 e. The predicted molar refractivity (Wildman–Crippen MR) is 76.2 cm³/mol. The number of hydrogen-bond donors (Lipinski definition) is 1. The van der Waals surface area contributed by atoms with Gasteiger partial charge in [-0.15, -0.1) is 0 Å². The topological polar surface area (TPSA) is 33.2 Å². The fraction of sp³-hybridized carbons (Fsp3) is 0.286. The lowest BCUT2D eigenvalue weighted by molar-refractivity contribution is -0.117. The zero-order valence-corrected chi connectivity index (χ0v) is 11.0. The number of aromatic nitrogens is 1. The van der Waals surface area contributed by atoms with Gasteiger partial charge >= 0.3 is 0 Å². The van der Waals surface area contributed by atoms with Gasteiger partial charge in [-0.2, -0.15) is 12.6 Å². The summed E-state index contributed by atoms with van der Waals surface area (Å²) in [6, 6.07) is 9.90. The van der Waals surface area contributed by atoms with Gasteiger partial charge in [0, 0.05) is 29.3 Å². The van der Waals surface area contributed by atoms with Crippen LogP contribution in [0.25, 0.3) is 10.9 Å². The fourth-order valence-electron chi connectivity index (χ4n) is 2.43. The zero-order chi connectivity index (χ0) is 12.7. The third-order valence-electron chi connectivity index (χ3n) is 3.22. The highest BCUT2D eigenvalue weighted by Crippen LogP contribution is 2.30. The fourth-order valence-corrected chi connectivity index (χ4v) is 2.75. The number of pyridine rings is 1. The molecule has 1 unspecified atom stereocenters. The van der Waals surface area contributed by atoms with Gasteiger partial charge in [0.15, 0.2) is 0 Å². The zero-order valence-electron chi connectivity index (χ0n) is 10.1. The molecule has 0 radical (unpaired) electrons. The Morgan fingerprint density at radius 2 is 2.17 bits per heavy atom. The first kappa shape index (κ1) is 11.5. The molecule has 1 fully saturated rings. The Morgan fingerprint density at radius 3 is 2.89 bits per heavy atom. The first-order chi connectivity index (χ1) is 8.65. The molecular formula is C14H14N2OS. The highest BCUT2D eigenvalue weighted by molar-refractivity contribution is 7.81. The van der Waals surface area contributed by atoms with Crippen LogP contribution in [0.2, 0.25) is 0 Å². The number of amides is 1. The molecule has 0 spiro atoms. The van der Waals surface area contributed by atoms with E-state index in [1.807, 2.05) is 42.2 Å². The van der Waals surface area contributed by atoms with E-state index in [-0.39, 0.29) is 11.2 Å². The minimum Gasteiger partial charge on any atom is -0.311 e. The summed E-state index contributed by atoms with van der Waals surface area (Å²) in [5.74, 6) is 0.144. The van der Waals surface area contributed by atoms with Gasteiger partial charge < -0.3 is 4.90 Å². The van der Waals surface area contributed by atoms with Crippen LogP contribution in [0.4, 0.5) is 5.69 Å². The molecule has 1 saturated heterocycles. The molecule has 0 saturated carbocycles. The van der Waals surface area contributed by atoms with Gasteiger partial charge in [-0.05, 0) is 19.1 Å². The first-order valence-electron chi connectivity index (χ1n) is 6.00. The molecule has 1 aromatic heterocycles. The van der Waals surface area contributed by atoms with Crippen LogP contribution in [0.1, 0.15) is 12.1 Å². The van der Waals surface area contributed by atoms with Crippen molar-refractivity contribution in [2.45, 2.75) is 18.6 Å². The van der Waals surface area contributed by atoms with E-state index in [0.29, 0.717) is 13.0 Å². The minimum atomic E-state index is 0.129. The van der Waals surface area contributed by atoms with Crippen LogP contribution in [-0.4, -0.2) is 22.7 Å². The van der Waals surface area contributed by atoms with Crippen molar-refractivity contribution in [1.29, 1.82) is 0 Å². The molecule has 0 aliphatic carbocycles. The number of nitrogens with zero attached hydrogens (tertiary/aromatic N) is 2. The number of para-hydroxylation sites is 1. The molecule has 0 N–H and O–H groups in total. The van der Waals surface area contributed by atoms with Crippen LogP contribution in [0.15, 0.2) is 30.3 Å². The van der Waals surface area contributed by atoms with Gasteiger partial charge in [0.1, 0.15) is 0 Å². The lowest BCUT2D eigenvalue weighted by Gasteiger charge is -2.18. The second-order valence-corrected chi connectivity index (χ2v) is 5.39. The van der Waals surface area contributed by atoms with E-state index in [2.05, 4.69) is 17.6 Å². The molecule has 0 bridgehead atoms. The highest BCUT2D eigenvalue weighted by Gasteiger charge is 2.29. The summed E-state index contributed by atoms with van der Waals surface area (Å²) in [5, 5.41) is 1.16. The van der Waals surface area contributed by atoms with Crippen molar-refractivity contribution in [2.75, 3.05) is 11.4 Å². The number of aryl methyl sites for hydroxylation is 1. The Labute approximate surface area is 111 Å². The molecule has 1 aliphatic heterocycles. The Balaban J connectivity index is 2.19. The van der Waals surface area contributed by atoms with Crippen LogP contribution >= 0.6 is 12.6 Å². The van der Waals surface area contributed by atoms with Gasteiger partial charge in [-0.3, -0.25) is 9.78 Å². The number of hydrogen-bond acceptors (Lipinski definition) is 3. The van der Waals surface area contributed by atoms with Crippen molar-refractivity contribution < 1.29 is 4.79 Å². The van der Waals surface area contributed by atoms with E-state index in [0.717, 1.165) is 22.3 Å². The monoisotopic (exact) mass is 258 g/mol. The van der Waals surface area contributed by atoms with Crippen molar-refractivity contribution in [3.8, 4) is 0 Å². The Kier molecular flexibility index (Phi) is 2.74. The van der Waals surface area contributed by atoms with Gasteiger partial charge in [0.2, 0.25) is 5.91 Å². The molecule has 92 valence electrons. The molecule has 4 heteroatoms. The summed E-state index contributed by atoms with van der Waals surface area (Å²) >= 11 is 4.40. The Morgan fingerprint density at radius 1 is 1.39 bits per heavy atom. The average molecular weight is 258 g/mol. The summed E-state index contributed by atoms with van der Waals surface area (Å²) in [6.45, 7) is 2.63. The smallest absolute Gasteiger partial charge is 0.228 e. The molecule has 18 heavy (non-hydrogen) atoms. The van der Waals surface area contributed by atoms with Gasteiger partial charge in [0.05, 0.1) is 11.2 Å². The molecule has 1 amide bonds. The third-order valence-corrected chi connectivity index (χ3v) is 3.56. The summed E-state index contributed by atoms with van der Waals surface area (Å²) in [7, 11) is 0. The number of carbonyl (C=O) groups is 1. The second-order valence-electron chi connectivity index (χ2n) is 4.66. The second kappa shape index (κ2) is 4.28. The molecule has 1 aliphatic rings. The standard InChI is InChI=1S/C14H14N2OS/c1-9-6-13(16-8-10(18)7-14(16)17)11-4-2-3-5-12(11)15-9/h2-6,10,18H,7-8H2,1H3. The largest absolute Gasteiger partial charge is 0.311 e. The lowest BCUT2D eigenvalue weighted by atomic mass is 10.1. The summed E-state index contributed by atoms with van der Waals surface area (Å²) in [5.41, 5.74) is 2.82. The quantitative estimate of drug-likeness (QED) is 0.798. The average Bonchev–Trinajstić information content (AvgIpc) is 2.67. The number of fused-ring (bicyclic) bond motifs is 1. The number of rotatable bonds is 1. The molecule has 2 aromatic rings. The minimum absolute atomic E-state index is 0.129. The van der Waals surface area contributed by atoms with Gasteiger partial charge in [-0.25, -0.2) is 0 Å². The van der Waals surface area contributed by atoms with E-state index in [1.165, 1.54) is 0 Å². The van der Waals surface area contributed by atoms with Crippen LogP contribution < -0.4 is 4.90 Å². The van der Waals surface area contributed by atoms with Crippen molar-refractivity contribution in [2.24, 2.45) is 0 Å². The van der Waals surface area contributed by atoms with Crippen molar-refractivity contribution in [3.05, 3.63) is 36.0 Å². The number of anilines is 1. The Hall–Kier alpha value is -1.55. The Bertz CT molecular complexity index is 626. The lowest BCUT2D eigenvalue weighted by Crippen LogP contribution is -2.25. The van der Waals surface area contributed by atoms with Crippen molar-refractivity contribution in [3.63, 3.8) is 0 Å². The SMILES string of the molecule is Cc1cc(N2CC(S)CC2=O)c2ccccc2n1. The highest BCUT2D eigenvalue weighted by atomic mass is 32.1. The maximum absolute atomic E-state index is 12.0. The summed E-state index contributed by atoms with van der Waals surface area (Å²) < 4.78 is 0. The van der Waals surface area contributed by atoms with Crippen molar-refractivity contribution in [1.82, 2.24) is 4.98 Å². The third kappa shape index (κ3) is 1.86. The molecule has 3 nitrogen and oxygen atoms in total. The molecule has 1 aromatic carbocycles. The van der Waals surface area contributed by atoms with E-state index < -0.39 is 0 Å². The number of carbonyl (C=O) groups excluding carboxylic acids is 1. The van der Waals surface area contributed by atoms with Crippen molar-refractivity contribution >= 4 is 35.1 Å². The van der Waals surface area contributed by atoms with E-state index >= 15 is 0 Å². The first-order valence-corrected chi connectivity index (χ1v) is 6.51. The van der Waals surface area contributed by atoms with Crippen LogP contribution in [0.3, 0.4) is 0 Å². The number of benzene rings is 1. The molecular weight excluding hydrogens is 244 g/mol. The molecule has 1 atom stereocenters. The maximum atomic E-state index is 12.0. The van der Waals surface area contributed by atoms with Crippen LogP contribution in [0.5, 0.6) is 0 Å². The normalized spacial score (nSPS) is 19.8. The van der Waals surface area contributed by atoms with Crippen LogP contribution in [-0.2, 0) is 4.79 Å². The van der Waals surface area contributed by atoms with Crippen LogP contribution in [0, 0.1) is 6.92 Å². The summed E-state index contributed by atoms with van der Waals surface area (Å²) in [6.07, 6.45) is 0.513. The molecule has 3 rings (SSSR count). The predicted octanol–water partition coefficient (Wildman–Crippen LogP) is 2.58. The van der Waals surface area contributed by atoms with E-state index in [4.69, 9.17) is 0 Å². The summed E-state index contributed by atoms with van der Waals surface area (Å²) in [4.78, 5) is 18.3. The van der Waals surface area contributed by atoms with Gasteiger partial charge in [-0.1, -0.05) is 18.2 Å². The van der Waals surface area contributed by atoms with E-state index in [1.54, 1.807) is 0 Å². The van der Waals surface area contributed by atoms with E-state index in [9.17, 15) is 4.79 Å². The molecule has 2 heterocycles. The number of thiol groups is 1.